The van der Waals surface area contributed by atoms with Gasteiger partial charge < -0.3 is 5.11 Å². The maximum absolute atomic E-state index is 11.9. The lowest BCUT2D eigenvalue weighted by atomic mass is 10.2. The summed E-state index contributed by atoms with van der Waals surface area (Å²) in [5.41, 5.74) is 1.36. The number of aryl methyl sites for hydroxylation is 1. The lowest BCUT2D eigenvalue weighted by Gasteiger charge is -2.11. The van der Waals surface area contributed by atoms with Crippen LogP contribution in [0, 0.1) is 6.92 Å². The minimum absolute atomic E-state index is 0.146. The second kappa shape index (κ2) is 4.06. The number of imide groups is 1. The molecule has 0 atom stereocenters. The minimum Gasteiger partial charge on any atom is -0.477 e. The number of carboxylic acids is 1. The van der Waals surface area contributed by atoms with E-state index < -0.39 is 5.97 Å². The maximum atomic E-state index is 11.9. The SMILES string of the molecule is CC1=C(C)C(=O)N(c2cc(C)c(C(=O)O)s2)C1=O. The lowest BCUT2D eigenvalue weighted by molar-refractivity contribution is -0.120. The molecule has 1 aliphatic heterocycles. The summed E-state index contributed by atoms with van der Waals surface area (Å²) in [6, 6.07) is 1.55. The Morgan fingerprint density at radius 1 is 1.17 bits per heavy atom. The zero-order valence-corrected chi connectivity index (χ0v) is 10.9. The van der Waals surface area contributed by atoms with Crippen molar-refractivity contribution in [3.05, 3.63) is 27.7 Å². The second-order valence-electron chi connectivity index (χ2n) is 4.10. The number of hydrogen-bond acceptors (Lipinski definition) is 4. The van der Waals surface area contributed by atoms with E-state index in [4.69, 9.17) is 5.11 Å². The number of hydrogen-bond donors (Lipinski definition) is 1. The third-order valence-corrected chi connectivity index (χ3v) is 4.14. The first-order chi connectivity index (χ1) is 8.34. The van der Waals surface area contributed by atoms with Crippen molar-refractivity contribution < 1.29 is 19.5 Å². The first-order valence-electron chi connectivity index (χ1n) is 5.24. The number of carbonyl (C=O) groups is 3. The number of anilines is 1. The Hall–Kier alpha value is -1.95. The van der Waals surface area contributed by atoms with Crippen LogP contribution in [0.4, 0.5) is 5.00 Å². The first-order valence-corrected chi connectivity index (χ1v) is 6.06. The molecule has 18 heavy (non-hydrogen) atoms. The molecule has 0 fully saturated rings. The molecular formula is C12H11NO4S. The van der Waals surface area contributed by atoms with Gasteiger partial charge in [-0.3, -0.25) is 9.59 Å². The summed E-state index contributed by atoms with van der Waals surface area (Å²) in [5.74, 6) is -1.81. The second-order valence-corrected chi connectivity index (χ2v) is 5.13. The maximum Gasteiger partial charge on any atom is 0.346 e. The third kappa shape index (κ3) is 1.65. The van der Waals surface area contributed by atoms with E-state index in [1.807, 2.05) is 0 Å². The molecule has 0 aliphatic carbocycles. The smallest absolute Gasteiger partial charge is 0.346 e. The lowest BCUT2D eigenvalue weighted by Crippen LogP contribution is -2.30. The Bertz CT molecular complexity index is 588. The van der Waals surface area contributed by atoms with E-state index in [0.717, 1.165) is 16.2 Å². The molecule has 0 radical (unpaired) electrons. The fourth-order valence-electron chi connectivity index (χ4n) is 1.74. The first kappa shape index (κ1) is 12.5. The Labute approximate surface area is 107 Å². The van der Waals surface area contributed by atoms with Gasteiger partial charge in [0.05, 0.1) is 0 Å². The van der Waals surface area contributed by atoms with Gasteiger partial charge >= 0.3 is 5.97 Å². The molecule has 2 amide bonds. The van der Waals surface area contributed by atoms with E-state index in [1.165, 1.54) is 0 Å². The van der Waals surface area contributed by atoms with Gasteiger partial charge in [0, 0.05) is 11.1 Å². The molecule has 94 valence electrons. The van der Waals surface area contributed by atoms with E-state index in [0.29, 0.717) is 21.7 Å². The molecule has 2 heterocycles. The van der Waals surface area contributed by atoms with Crippen LogP contribution in [0.1, 0.15) is 29.1 Å². The molecule has 6 heteroatoms. The van der Waals surface area contributed by atoms with Crippen LogP contribution < -0.4 is 4.90 Å². The highest BCUT2D eigenvalue weighted by Crippen LogP contribution is 2.34. The van der Waals surface area contributed by atoms with E-state index in [9.17, 15) is 14.4 Å². The molecule has 1 aliphatic rings. The highest BCUT2D eigenvalue weighted by atomic mass is 32.1. The van der Waals surface area contributed by atoms with Crippen molar-refractivity contribution in [2.45, 2.75) is 20.8 Å². The van der Waals surface area contributed by atoms with Gasteiger partial charge in [-0.25, -0.2) is 9.69 Å². The van der Waals surface area contributed by atoms with Crippen molar-refractivity contribution >= 4 is 34.1 Å². The molecule has 0 bridgehead atoms. The Morgan fingerprint density at radius 2 is 1.67 bits per heavy atom. The van der Waals surface area contributed by atoms with Crippen LogP contribution in [0.15, 0.2) is 17.2 Å². The highest BCUT2D eigenvalue weighted by molar-refractivity contribution is 7.18. The average Bonchev–Trinajstić information content (AvgIpc) is 2.76. The van der Waals surface area contributed by atoms with Gasteiger partial charge in [-0.2, -0.15) is 0 Å². The molecule has 1 N–H and O–H groups in total. The molecule has 1 aromatic heterocycles. The van der Waals surface area contributed by atoms with Crippen molar-refractivity contribution in [1.29, 1.82) is 0 Å². The van der Waals surface area contributed by atoms with Gasteiger partial charge in [0.25, 0.3) is 11.8 Å². The van der Waals surface area contributed by atoms with Crippen molar-refractivity contribution in [3.8, 4) is 0 Å². The van der Waals surface area contributed by atoms with Crippen LogP contribution >= 0.6 is 11.3 Å². The average molecular weight is 265 g/mol. The quantitative estimate of drug-likeness (QED) is 0.829. The standard InChI is InChI=1S/C12H11NO4S/c1-5-4-8(18-9(5)12(16)17)13-10(14)6(2)7(3)11(13)15/h4H,1-3H3,(H,16,17). The monoisotopic (exact) mass is 265 g/mol. The number of carbonyl (C=O) groups excluding carboxylic acids is 2. The van der Waals surface area contributed by atoms with Crippen LogP contribution in [0.3, 0.4) is 0 Å². The molecule has 0 saturated carbocycles. The van der Waals surface area contributed by atoms with E-state index >= 15 is 0 Å². The Kier molecular flexibility index (Phi) is 2.82. The molecule has 0 spiro atoms. The number of amides is 2. The van der Waals surface area contributed by atoms with Crippen LogP contribution in [0.2, 0.25) is 0 Å². The van der Waals surface area contributed by atoms with E-state index in [-0.39, 0.29) is 16.7 Å². The van der Waals surface area contributed by atoms with Crippen LogP contribution in [0.25, 0.3) is 0 Å². The van der Waals surface area contributed by atoms with Gasteiger partial charge in [-0.15, -0.1) is 11.3 Å². The molecular weight excluding hydrogens is 254 g/mol. The Balaban J connectivity index is 2.47. The van der Waals surface area contributed by atoms with Gasteiger partial charge in [-0.1, -0.05) is 0 Å². The van der Waals surface area contributed by atoms with Crippen LogP contribution in [-0.2, 0) is 9.59 Å². The summed E-state index contributed by atoms with van der Waals surface area (Å²) >= 11 is 0.934. The topological polar surface area (TPSA) is 74.7 Å². The predicted molar refractivity (Wildman–Crippen MR) is 66.9 cm³/mol. The van der Waals surface area contributed by atoms with Crippen LogP contribution in [-0.4, -0.2) is 22.9 Å². The van der Waals surface area contributed by atoms with Crippen LogP contribution in [0.5, 0.6) is 0 Å². The van der Waals surface area contributed by atoms with Crippen molar-refractivity contribution in [3.63, 3.8) is 0 Å². The number of thiophene rings is 1. The molecule has 0 aromatic carbocycles. The summed E-state index contributed by atoms with van der Waals surface area (Å²) in [7, 11) is 0. The van der Waals surface area contributed by atoms with Crippen molar-refractivity contribution in [1.82, 2.24) is 0 Å². The zero-order chi connectivity index (χ0) is 13.6. The molecule has 0 unspecified atom stereocenters. The summed E-state index contributed by atoms with van der Waals surface area (Å²) in [5, 5.41) is 9.33. The van der Waals surface area contributed by atoms with E-state index in [1.54, 1.807) is 26.8 Å². The van der Waals surface area contributed by atoms with Gasteiger partial charge in [0.2, 0.25) is 0 Å². The molecule has 1 aromatic rings. The summed E-state index contributed by atoms with van der Waals surface area (Å²) in [6.07, 6.45) is 0. The number of aromatic carboxylic acids is 1. The number of rotatable bonds is 2. The van der Waals surface area contributed by atoms with Gasteiger partial charge in [-0.05, 0) is 32.4 Å². The zero-order valence-electron chi connectivity index (χ0n) is 10.1. The molecule has 2 rings (SSSR count). The predicted octanol–water partition coefficient (Wildman–Crippen LogP) is 1.96. The Morgan fingerprint density at radius 3 is 2.06 bits per heavy atom. The largest absolute Gasteiger partial charge is 0.477 e. The molecule has 0 saturated heterocycles. The minimum atomic E-state index is -1.05. The molecule has 5 nitrogen and oxygen atoms in total. The summed E-state index contributed by atoms with van der Waals surface area (Å²) in [6.45, 7) is 4.82. The number of carboxylic acid groups (broad SMARTS) is 1. The van der Waals surface area contributed by atoms with Crippen molar-refractivity contribution in [2.75, 3.05) is 4.90 Å². The van der Waals surface area contributed by atoms with Gasteiger partial charge in [0.1, 0.15) is 9.88 Å². The number of nitrogens with zero attached hydrogens (tertiary/aromatic N) is 1. The normalized spacial score (nSPS) is 15.8. The highest BCUT2D eigenvalue weighted by Gasteiger charge is 2.36. The van der Waals surface area contributed by atoms with Crippen molar-refractivity contribution in [2.24, 2.45) is 0 Å². The summed E-state index contributed by atoms with van der Waals surface area (Å²) in [4.78, 5) is 36.0. The fourth-order valence-corrected chi connectivity index (χ4v) is 2.75. The third-order valence-electron chi connectivity index (χ3n) is 2.93. The fraction of sp³-hybridized carbons (Fsp3) is 0.250. The summed E-state index contributed by atoms with van der Waals surface area (Å²) < 4.78 is 0. The van der Waals surface area contributed by atoms with Gasteiger partial charge in [0.15, 0.2) is 0 Å². The van der Waals surface area contributed by atoms with E-state index in [2.05, 4.69) is 0 Å².